The minimum atomic E-state index is 0.577. The van der Waals surface area contributed by atoms with Crippen molar-refractivity contribution in [3.8, 4) is 0 Å². The Morgan fingerprint density at radius 3 is 2.47 bits per heavy atom. The van der Waals surface area contributed by atoms with E-state index in [2.05, 4.69) is 0 Å². The monoisotopic (exact) mass is 224 g/mol. The Morgan fingerprint density at radius 2 is 1.80 bits per heavy atom. The molecular formula is C12H16O2S. The van der Waals surface area contributed by atoms with E-state index in [1.165, 1.54) is 0 Å². The summed E-state index contributed by atoms with van der Waals surface area (Å²) in [6.07, 6.45) is 1.98. The SMILES string of the molecule is COCCCCOC(=S)c1ccccc1. The molecule has 0 atom stereocenters. The Hall–Kier alpha value is -0.930. The lowest BCUT2D eigenvalue weighted by Crippen LogP contribution is -2.05. The fourth-order valence-corrected chi connectivity index (χ4v) is 1.39. The molecule has 0 aromatic heterocycles. The highest BCUT2D eigenvalue weighted by Gasteiger charge is 2.00. The van der Waals surface area contributed by atoms with E-state index in [4.69, 9.17) is 21.7 Å². The Balaban J connectivity index is 2.20. The van der Waals surface area contributed by atoms with E-state index in [1.54, 1.807) is 7.11 Å². The first-order valence-electron chi connectivity index (χ1n) is 5.05. The van der Waals surface area contributed by atoms with Crippen LogP contribution in [0.3, 0.4) is 0 Å². The minimum Gasteiger partial charge on any atom is -0.483 e. The van der Waals surface area contributed by atoms with Gasteiger partial charge in [-0.05, 0) is 25.1 Å². The van der Waals surface area contributed by atoms with Crippen molar-refractivity contribution in [2.45, 2.75) is 12.8 Å². The van der Waals surface area contributed by atoms with Crippen LogP contribution in [-0.4, -0.2) is 25.4 Å². The summed E-state index contributed by atoms with van der Waals surface area (Å²) in [4.78, 5) is 0. The molecule has 0 radical (unpaired) electrons. The molecule has 0 aliphatic carbocycles. The van der Waals surface area contributed by atoms with Crippen molar-refractivity contribution in [2.75, 3.05) is 20.3 Å². The Labute approximate surface area is 96.2 Å². The van der Waals surface area contributed by atoms with E-state index in [1.807, 2.05) is 30.3 Å². The molecule has 0 fully saturated rings. The van der Waals surface area contributed by atoms with Crippen molar-refractivity contribution < 1.29 is 9.47 Å². The standard InChI is InChI=1S/C12H16O2S/c1-13-9-5-6-10-14-12(15)11-7-3-2-4-8-11/h2-4,7-8H,5-6,9-10H2,1H3. The molecule has 0 bridgehead atoms. The summed E-state index contributed by atoms with van der Waals surface area (Å²) in [7, 11) is 1.70. The number of hydrogen-bond acceptors (Lipinski definition) is 3. The van der Waals surface area contributed by atoms with Crippen LogP contribution < -0.4 is 0 Å². The number of ether oxygens (including phenoxy) is 2. The molecule has 0 amide bonds. The molecule has 0 N–H and O–H groups in total. The third-order valence-corrected chi connectivity index (χ3v) is 2.34. The molecule has 82 valence electrons. The smallest absolute Gasteiger partial charge is 0.191 e. The van der Waals surface area contributed by atoms with E-state index in [-0.39, 0.29) is 0 Å². The van der Waals surface area contributed by atoms with Crippen LogP contribution in [0.2, 0.25) is 0 Å². The second kappa shape index (κ2) is 7.37. The summed E-state index contributed by atoms with van der Waals surface area (Å²) >= 11 is 5.15. The van der Waals surface area contributed by atoms with Crippen LogP contribution >= 0.6 is 12.2 Å². The van der Waals surface area contributed by atoms with Crippen LogP contribution in [0.5, 0.6) is 0 Å². The van der Waals surface area contributed by atoms with Gasteiger partial charge in [0.1, 0.15) is 0 Å². The maximum atomic E-state index is 5.45. The van der Waals surface area contributed by atoms with E-state index in [0.29, 0.717) is 11.7 Å². The van der Waals surface area contributed by atoms with Crippen LogP contribution in [0.25, 0.3) is 0 Å². The largest absolute Gasteiger partial charge is 0.483 e. The predicted octanol–water partition coefficient (Wildman–Crippen LogP) is 2.81. The zero-order chi connectivity index (χ0) is 10.9. The molecule has 3 heteroatoms. The van der Waals surface area contributed by atoms with Gasteiger partial charge in [0.25, 0.3) is 0 Å². The van der Waals surface area contributed by atoms with E-state index < -0.39 is 0 Å². The highest BCUT2D eigenvalue weighted by atomic mass is 32.1. The van der Waals surface area contributed by atoms with Gasteiger partial charge in [-0.3, -0.25) is 0 Å². The number of rotatable bonds is 6. The first-order valence-corrected chi connectivity index (χ1v) is 5.46. The van der Waals surface area contributed by atoms with Crippen molar-refractivity contribution >= 4 is 17.3 Å². The zero-order valence-corrected chi connectivity index (χ0v) is 9.76. The van der Waals surface area contributed by atoms with Gasteiger partial charge in [-0.1, -0.05) is 30.3 Å². The lowest BCUT2D eigenvalue weighted by Gasteiger charge is -2.06. The average molecular weight is 224 g/mol. The molecule has 1 rings (SSSR count). The summed E-state index contributed by atoms with van der Waals surface area (Å²) < 4.78 is 10.4. The van der Waals surface area contributed by atoms with E-state index >= 15 is 0 Å². The molecule has 1 aromatic carbocycles. The Kier molecular flexibility index (Phi) is 5.97. The van der Waals surface area contributed by atoms with Gasteiger partial charge in [0.15, 0.2) is 5.05 Å². The second-order valence-corrected chi connectivity index (χ2v) is 3.57. The highest BCUT2D eigenvalue weighted by molar-refractivity contribution is 7.80. The normalized spacial score (nSPS) is 9.93. The molecule has 0 spiro atoms. The van der Waals surface area contributed by atoms with Crippen LogP contribution in [0.4, 0.5) is 0 Å². The number of methoxy groups -OCH3 is 1. The molecule has 0 saturated carbocycles. The van der Waals surface area contributed by atoms with Crippen LogP contribution in [0.15, 0.2) is 30.3 Å². The van der Waals surface area contributed by atoms with Crippen molar-refractivity contribution in [1.29, 1.82) is 0 Å². The minimum absolute atomic E-state index is 0.577. The maximum Gasteiger partial charge on any atom is 0.191 e. The zero-order valence-electron chi connectivity index (χ0n) is 8.94. The molecule has 1 aromatic rings. The number of thiocarbonyl (C=S) groups is 1. The van der Waals surface area contributed by atoms with Gasteiger partial charge in [0.2, 0.25) is 0 Å². The van der Waals surface area contributed by atoms with E-state index in [9.17, 15) is 0 Å². The average Bonchev–Trinajstić information content (AvgIpc) is 2.30. The molecule has 0 aliphatic heterocycles. The first-order chi connectivity index (χ1) is 7.34. The van der Waals surface area contributed by atoms with Gasteiger partial charge in [-0.15, -0.1) is 0 Å². The third-order valence-electron chi connectivity index (χ3n) is 1.99. The topological polar surface area (TPSA) is 18.5 Å². The fourth-order valence-electron chi connectivity index (χ4n) is 1.17. The molecule has 0 saturated heterocycles. The molecule has 15 heavy (non-hydrogen) atoms. The van der Waals surface area contributed by atoms with Gasteiger partial charge < -0.3 is 9.47 Å². The molecule has 0 unspecified atom stereocenters. The van der Waals surface area contributed by atoms with Crippen molar-refractivity contribution in [3.05, 3.63) is 35.9 Å². The van der Waals surface area contributed by atoms with E-state index in [0.717, 1.165) is 25.0 Å². The van der Waals surface area contributed by atoms with Crippen LogP contribution in [0, 0.1) is 0 Å². The van der Waals surface area contributed by atoms with Gasteiger partial charge in [0.05, 0.1) is 6.61 Å². The van der Waals surface area contributed by atoms with Crippen molar-refractivity contribution in [1.82, 2.24) is 0 Å². The molecule has 0 heterocycles. The van der Waals surface area contributed by atoms with Gasteiger partial charge in [0, 0.05) is 19.3 Å². The van der Waals surface area contributed by atoms with Crippen molar-refractivity contribution in [3.63, 3.8) is 0 Å². The Morgan fingerprint density at radius 1 is 1.13 bits per heavy atom. The predicted molar refractivity (Wildman–Crippen MR) is 65.2 cm³/mol. The summed E-state index contributed by atoms with van der Waals surface area (Å²) in [5.41, 5.74) is 0.972. The summed E-state index contributed by atoms with van der Waals surface area (Å²) in [5.74, 6) is 0. The second-order valence-electron chi connectivity index (χ2n) is 3.20. The Bertz CT molecular complexity index is 285. The number of hydrogen-bond donors (Lipinski definition) is 0. The quantitative estimate of drug-likeness (QED) is 0.547. The summed E-state index contributed by atoms with van der Waals surface area (Å²) in [6, 6.07) is 9.78. The first kappa shape index (κ1) is 12.1. The lowest BCUT2D eigenvalue weighted by molar-refractivity contribution is 0.183. The van der Waals surface area contributed by atoms with Crippen LogP contribution in [0.1, 0.15) is 18.4 Å². The lowest BCUT2D eigenvalue weighted by atomic mass is 10.2. The van der Waals surface area contributed by atoms with Crippen molar-refractivity contribution in [2.24, 2.45) is 0 Å². The fraction of sp³-hybridized carbons (Fsp3) is 0.417. The highest BCUT2D eigenvalue weighted by Crippen LogP contribution is 2.03. The third kappa shape index (κ3) is 4.91. The van der Waals surface area contributed by atoms with Gasteiger partial charge >= 0.3 is 0 Å². The summed E-state index contributed by atoms with van der Waals surface area (Å²) in [6.45, 7) is 1.44. The molecule has 2 nitrogen and oxygen atoms in total. The van der Waals surface area contributed by atoms with Gasteiger partial charge in [-0.2, -0.15) is 0 Å². The molecular weight excluding hydrogens is 208 g/mol. The number of benzene rings is 1. The summed E-state index contributed by atoms with van der Waals surface area (Å²) in [5, 5.41) is 0.577. The van der Waals surface area contributed by atoms with Gasteiger partial charge in [-0.25, -0.2) is 0 Å². The number of unbranched alkanes of at least 4 members (excludes halogenated alkanes) is 1. The molecule has 0 aliphatic rings. The maximum absolute atomic E-state index is 5.45. The van der Waals surface area contributed by atoms with Crippen LogP contribution in [-0.2, 0) is 9.47 Å².